The van der Waals surface area contributed by atoms with Crippen LogP contribution in [0.15, 0.2) is 18.5 Å². The highest BCUT2D eigenvalue weighted by Gasteiger charge is 2.30. The summed E-state index contributed by atoms with van der Waals surface area (Å²) in [5.74, 6) is 0.483. The molecule has 0 radical (unpaired) electrons. The molecule has 140 valence electrons. The van der Waals surface area contributed by atoms with Gasteiger partial charge in [-0.3, -0.25) is 4.79 Å². The predicted octanol–water partition coefficient (Wildman–Crippen LogP) is 1.27. The van der Waals surface area contributed by atoms with Gasteiger partial charge in [0.2, 0.25) is 10.0 Å². The summed E-state index contributed by atoms with van der Waals surface area (Å²) < 4.78 is 25.4. The number of hydrogen-bond donors (Lipinski definition) is 0. The van der Waals surface area contributed by atoms with Crippen LogP contribution in [-0.2, 0) is 16.4 Å². The monoisotopic (exact) mass is 395 g/mol. The van der Waals surface area contributed by atoms with Gasteiger partial charge in [-0.2, -0.15) is 4.31 Å². The molecule has 0 N–H and O–H groups in total. The second kappa shape index (κ2) is 7.77. The molecule has 1 aliphatic heterocycles. The zero-order valence-electron chi connectivity index (χ0n) is 14.8. The first-order valence-electron chi connectivity index (χ1n) is 8.50. The normalized spacial score (nSPS) is 16.0. The van der Waals surface area contributed by atoms with Crippen LogP contribution in [0.25, 0.3) is 10.8 Å². The van der Waals surface area contributed by atoms with Gasteiger partial charge >= 0.3 is 0 Å². The lowest BCUT2D eigenvalue weighted by molar-refractivity contribution is 0.0701. The Bertz CT molecular complexity index is 875. The molecule has 0 saturated carbocycles. The highest BCUT2D eigenvalue weighted by atomic mass is 32.2. The molecule has 0 spiro atoms. The largest absolute Gasteiger partial charge is 0.335 e. The minimum absolute atomic E-state index is 0.0796. The Balaban J connectivity index is 1.78. The summed E-state index contributed by atoms with van der Waals surface area (Å²) in [7, 11) is -3.21. The number of sulfonamides is 1. The standard InChI is InChI=1S/C16H21N5O3S2/c1-3-12-13(25-15(19-12)14-17-6-5-7-18-14)16(22)20-8-10-21(11-9-20)26(23,24)4-2/h5-7H,3-4,8-11H2,1-2H3. The van der Waals surface area contributed by atoms with Crippen LogP contribution in [0.4, 0.5) is 0 Å². The first-order valence-corrected chi connectivity index (χ1v) is 10.9. The third-order valence-corrected chi connectivity index (χ3v) is 7.23. The molecular weight excluding hydrogens is 374 g/mol. The van der Waals surface area contributed by atoms with Crippen molar-refractivity contribution in [3.8, 4) is 10.8 Å². The molecule has 10 heteroatoms. The average Bonchev–Trinajstić information content (AvgIpc) is 3.12. The van der Waals surface area contributed by atoms with Gasteiger partial charge in [-0.15, -0.1) is 11.3 Å². The first kappa shape index (κ1) is 18.9. The summed E-state index contributed by atoms with van der Waals surface area (Å²) in [6.45, 7) is 5.01. The van der Waals surface area contributed by atoms with Gasteiger partial charge in [0.25, 0.3) is 5.91 Å². The highest BCUT2D eigenvalue weighted by molar-refractivity contribution is 7.89. The zero-order chi connectivity index (χ0) is 18.7. The minimum Gasteiger partial charge on any atom is -0.335 e. The van der Waals surface area contributed by atoms with Gasteiger partial charge in [0, 0.05) is 38.6 Å². The number of carbonyl (C=O) groups is 1. The van der Waals surface area contributed by atoms with Crippen LogP contribution in [0.3, 0.4) is 0 Å². The maximum atomic E-state index is 12.9. The molecule has 1 saturated heterocycles. The maximum absolute atomic E-state index is 12.9. The van der Waals surface area contributed by atoms with E-state index in [0.29, 0.717) is 48.3 Å². The summed E-state index contributed by atoms with van der Waals surface area (Å²) in [6.07, 6.45) is 3.92. The molecule has 2 aromatic rings. The van der Waals surface area contributed by atoms with Crippen molar-refractivity contribution in [2.45, 2.75) is 20.3 Å². The third kappa shape index (κ3) is 3.76. The highest BCUT2D eigenvalue weighted by Crippen LogP contribution is 2.27. The van der Waals surface area contributed by atoms with Crippen LogP contribution in [0.5, 0.6) is 0 Å². The quantitative estimate of drug-likeness (QED) is 0.756. The summed E-state index contributed by atoms with van der Waals surface area (Å²) in [5, 5.41) is 0.623. The van der Waals surface area contributed by atoms with Gasteiger partial charge in [0.05, 0.1) is 11.4 Å². The number of nitrogens with zero attached hydrogens (tertiary/aromatic N) is 5. The van der Waals surface area contributed by atoms with E-state index in [9.17, 15) is 13.2 Å². The Labute approximate surface area is 157 Å². The second-order valence-electron chi connectivity index (χ2n) is 5.81. The number of carbonyl (C=O) groups excluding carboxylic acids is 1. The number of piperazine rings is 1. The summed E-state index contributed by atoms with van der Waals surface area (Å²) in [5.41, 5.74) is 0.728. The van der Waals surface area contributed by atoms with E-state index in [-0.39, 0.29) is 11.7 Å². The molecule has 1 amide bonds. The molecule has 0 unspecified atom stereocenters. The number of aryl methyl sites for hydroxylation is 1. The molecule has 1 aliphatic rings. The van der Waals surface area contributed by atoms with E-state index < -0.39 is 10.0 Å². The van der Waals surface area contributed by atoms with Crippen molar-refractivity contribution in [1.29, 1.82) is 0 Å². The van der Waals surface area contributed by atoms with Crippen LogP contribution >= 0.6 is 11.3 Å². The lowest BCUT2D eigenvalue weighted by Gasteiger charge is -2.33. The van der Waals surface area contributed by atoms with Crippen molar-refractivity contribution in [3.05, 3.63) is 29.0 Å². The van der Waals surface area contributed by atoms with E-state index in [1.54, 1.807) is 30.3 Å². The molecule has 3 heterocycles. The van der Waals surface area contributed by atoms with Crippen LogP contribution in [0.2, 0.25) is 0 Å². The summed E-state index contributed by atoms with van der Waals surface area (Å²) >= 11 is 1.29. The molecule has 0 bridgehead atoms. The minimum atomic E-state index is -3.21. The van der Waals surface area contributed by atoms with Crippen molar-refractivity contribution in [3.63, 3.8) is 0 Å². The zero-order valence-corrected chi connectivity index (χ0v) is 16.4. The van der Waals surface area contributed by atoms with E-state index in [1.165, 1.54) is 15.6 Å². The summed E-state index contributed by atoms with van der Waals surface area (Å²) in [4.78, 5) is 28.1. The Morgan fingerprint density at radius 2 is 1.81 bits per heavy atom. The van der Waals surface area contributed by atoms with Gasteiger partial charge in [0.1, 0.15) is 4.88 Å². The van der Waals surface area contributed by atoms with Gasteiger partial charge in [-0.1, -0.05) is 6.92 Å². The first-order chi connectivity index (χ1) is 12.5. The predicted molar refractivity (Wildman–Crippen MR) is 99.5 cm³/mol. The lowest BCUT2D eigenvalue weighted by atomic mass is 10.2. The van der Waals surface area contributed by atoms with Crippen LogP contribution in [0.1, 0.15) is 29.2 Å². The molecule has 0 atom stereocenters. The topological polar surface area (TPSA) is 96.4 Å². The van der Waals surface area contributed by atoms with Gasteiger partial charge in [-0.25, -0.2) is 23.4 Å². The lowest BCUT2D eigenvalue weighted by Crippen LogP contribution is -2.50. The molecule has 1 fully saturated rings. The smallest absolute Gasteiger partial charge is 0.265 e. The van der Waals surface area contributed by atoms with Crippen molar-refractivity contribution in [2.24, 2.45) is 0 Å². The van der Waals surface area contributed by atoms with E-state index in [4.69, 9.17) is 0 Å². The van der Waals surface area contributed by atoms with Gasteiger partial charge < -0.3 is 4.90 Å². The molecule has 3 rings (SSSR count). The van der Waals surface area contributed by atoms with E-state index in [1.807, 2.05) is 6.92 Å². The third-order valence-electron chi connectivity index (χ3n) is 4.27. The number of thiazole rings is 1. The van der Waals surface area contributed by atoms with E-state index in [0.717, 1.165) is 5.69 Å². The number of hydrogen-bond acceptors (Lipinski definition) is 7. The van der Waals surface area contributed by atoms with Crippen molar-refractivity contribution in [2.75, 3.05) is 31.9 Å². The van der Waals surface area contributed by atoms with Crippen LogP contribution in [-0.4, -0.2) is 70.4 Å². The van der Waals surface area contributed by atoms with Crippen molar-refractivity contribution < 1.29 is 13.2 Å². The molecule has 8 nitrogen and oxygen atoms in total. The van der Waals surface area contributed by atoms with E-state index >= 15 is 0 Å². The Hall–Kier alpha value is -1.91. The fraction of sp³-hybridized carbons (Fsp3) is 0.500. The van der Waals surface area contributed by atoms with Gasteiger partial charge in [-0.05, 0) is 19.4 Å². The van der Waals surface area contributed by atoms with Gasteiger partial charge in [0.15, 0.2) is 10.8 Å². The van der Waals surface area contributed by atoms with Crippen molar-refractivity contribution >= 4 is 27.3 Å². The van der Waals surface area contributed by atoms with E-state index in [2.05, 4.69) is 15.0 Å². The number of aromatic nitrogens is 3. The number of amides is 1. The Morgan fingerprint density at radius 3 is 2.38 bits per heavy atom. The Morgan fingerprint density at radius 1 is 1.15 bits per heavy atom. The number of rotatable bonds is 5. The van der Waals surface area contributed by atoms with Crippen molar-refractivity contribution in [1.82, 2.24) is 24.2 Å². The molecule has 0 aromatic carbocycles. The fourth-order valence-corrected chi connectivity index (χ4v) is 4.91. The molecule has 26 heavy (non-hydrogen) atoms. The molecule has 2 aromatic heterocycles. The SMILES string of the molecule is CCc1nc(-c2ncccn2)sc1C(=O)N1CCN(S(=O)(=O)CC)CC1. The second-order valence-corrected chi connectivity index (χ2v) is 9.07. The maximum Gasteiger partial charge on any atom is 0.265 e. The van der Waals surface area contributed by atoms with Crippen LogP contribution in [0, 0.1) is 0 Å². The molecule has 0 aliphatic carbocycles. The Kier molecular flexibility index (Phi) is 5.64. The summed E-state index contributed by atoms with van der Waals surface area (Å²) in [6, 6.07) is 1.73. The van der Waals surface area contributed by atoms with Crippen LogP contribution < -0.4 is 0 Å². The molecular formula is C16H21N5O3S2. The average molecular weight is 396 g/mol. The fourth-order valence-electron chi connectivity index (χ4n) is 2.76.